The molecule has 0 saturated carbocycles. The van der Waals surface area contributed by atoms with Gasteiger partial charge in [0.05, 0.1) is 11.2 Å². The summed E-state index contributed by atoms with van der Waals surface area (Å²) in [6, 6.07) is 11.6. The van der Waals surface area contributed by atoms with E-state index in [0.717, 1.165) is 22.3 Å². The van der Waals surface area contributed by atoms with Crippen LogP contribution in [0.3, 0.4) is 0 Å². The van der Waals surface area contributed by atoms with E-state index in [-0.39, 0.29) is 18.7 Å². The third-order valence-electron chi connectivity index (χ3n) is 4.81. The van der Waals surface area contributed by atoms with Crippen LogP contribution < -0.4 is 16.6 Å². The number of hydrogen-bond acceptors (Lipinski definition) is 4. The number of amides is 1. The molecule has 4 aromatic rings. The van der Waals surface area contributed by atoms with Crippen molar-refractivity contribution in [1.82, 2.24) is 14.5 Å². The highest BCUT2D eigenvalue weighted by Crippen LogP contribution is 2.17. The molecule has 0 fully saturated rings. The van der Waals surface area contributed by atoms with E-state index in [0.29, 0.717) is 15.9 Å². The lowest BCUT2D eigenvalue weighted by Crippen LogP contribution is -2.41. The van der Waals surface area contributed by atoms with Crippen molar-refractivity contribution in [3.63, 3.8) is 0 Å². The maximum Gasteiger partial charge on any atom is 0.336 e. The number of nitrogens with one attached hydrogen (secondary N) is 1. The summed E-state index contributed by atoms with van der Waals surface area (Å²) in [5.74, 6) is -2.03. The van der Waals surface area contributed by atoms with Gasteiger partial charge in [0, 0.05) is 18.2 Å². The number of carbonyl (C=O) groups excluding carboxylic acids is 1. The zero-order valence-electron chi connectivity index (χ0n) is 16.4. The first-order valence-corrected chi connectivity index (χ1v) is 10.2. The van der Waals surface area contributed by atoms with Crippen LogP contribution in [0.1, 0.15) is 11.1 Å². The Morgan fingerprint density at radius 3 is 2.65 bits per heavy atom. The summed E-state index contributed by atoms with van der Waals surface area (Å²) in [5.41, 5.74) is 0.656. The van der Waals surface area contributed by atoms with E-state index in [2.05, 4.69) is 5.32 Å². The monoisotopic (exact) mass is 441 g/mol. The van der Waals surface area contributed by atoms with Gasteiger partial charge in [-0.05, 0) is 42.1 Å². The van der Waals surface area contributed by atoms with Crippen LogP contribution in [0, 0.1) is 18.6 Å². The number of carbonyl (C=O) groups is 1. The van der Waals surface area contributed by atoms with Gasteiger partial charge >= 0.3 is 5.69 Å². The molecule has 1 amide bonds. The number of benzene rings is 2. The van der Waals surface area contributed by atoms with E-state index in [1.807, 2.05) is 13.0 Å². The minimum Gasteiger partial charge on any atom is -0.350 e. The average Bonchev–Trinajstić information content (AvgIpc) is 3.21. The molecule has 0 aliphatic heterocycles. The normalized spacial score (nSPS) is 11.1. The van der Waals surface area contributed by atoms with Crippen LogP contribution in [0.2, 0.25) is 0 Å². The first kappa shape index (κ1) is 20.7. The summed E-state index contributed by atoms with van der Waals surface area (Å²) in [6.45, 7) is 1.32. The van der Waals surface area contributed by atoms with Gasteiger partial charge in [0.1, 0.15) is 22.9 Å². The number of rotatable bonds is 5. The maximum atomic E-state index is 13.8. The molecule has 2 aromatic heterocycles. The lowest BCUT2D eigenvalue weighted by atomic mass is 10.2. The Morgan fingerprint density at radius 2 is 1.90 bits per heavy atom. The molecule has 0 spiro atoms. The SMILES string of the molecule is Cc1cccc(-n2c(=O)c3sccc3n(CC(=O)NCc3ccc(F)cc3F)c2=O)c1. The summed E-state index contributed by atoms with van der Waals surface area (Å²) in [5, 5.41) is 4.20. The zero-order valence-corrected chi connectivity index (χ0v) is 17.2. The van der Waals surface area contributed by atoms with Crippen molar-refractivity contribution in [1.29, 1.82) is 0 Å². The molecule has 0 atom stereocenters. The molecule has 0 unspecified atom stereocenters. The lowest BCUT2D eigenvalue weighted by molar-refractivity contribution is -0.121. The standard InChI is InChI=1S/C22H17F2N3O3S/c1-13-3-2-4-16(9-13)27-21(29)20-18(7-8-31-20)26(22(27)30)12-19(28)25-11-14-5-6-15(23)10-17(14)24/h2-10H,11-12H2,1H3,(H,25,28). The Labute approximate surface area is 179 Å². The summed E-state index contributed by atoms with van der Waals surface area (Å²) < 4.78 is 29.4. The molecule has 9 heteroatoms. The molecule has 0 aliphatic rings. The van der Waals surface area contributed by atoms with Gasteiger partial charge in [-0.3, -0.25) is 14.2 Å². The summed E-state index contributed by atoms with van der Waals surface area (Å²) in [6.07, 6.45) is 0. The van der Waals surface area contributed by atoms with Crippen molar-refractivity contribution in [2.24, 2.45) is 0 Å². The number of aromatic nitrogens is 2. The minimum absolute atomic E-state index is 0.118. The van der Waals surface area contributed by atoms with Gasteiger partial charge in [0.25, 0.3) is 5.56 Å². The number of thiophene rings is 1. The number of aryl methyl sites for hydroxylation is 1. The van der Waals surface area contributed by atoms with E-state index in [4.69, 9.17) is 0 Å². The number of fused-ring (bicyclic) bond motifs is 1. The number of nitrogens with zero attached hydrogens (tertiary/aromatic N) is 2. The van der Waals surface area contributed by atoms with Crippen molar-refractivity contribution >= 4 is 27.5 Å². The smallest absolute Gasteiger partial charge is 0.336 e. The van der Waals surface area contributed by atoms with Crippen LogP contribution >= 0.6 is 11.3 Å². The summed E-state index contributed by atoms with van der Waals surface area (Å²) in [4.78, 5) is 38.6. The van der Waals surface area contributed by atoms with Gasteiger partial charge in [0.15, 0.2) is 0 Å². The van der Waals surface area contributed by atoms with Crippen LogP contribution in [0.5, 0.6) is 0 Å². The van der Waals surface area contributed by atoms with Crippen molar-refractivity contribution in [3.8, 4) is 5.69 Å². The maximum absolute atomic E-state index is 13.8. The molecule has 0 aliphatic carbocycles. The first-order valence-electron chi connectivity index (χ1n) is 9.36. The average molecular weight is 441 g/mol. The number of halogens is 2. The topological polar surface area (TPSA) is 73.1 Å². The molecule has 0 radical (unpaired) electrons. The number of hydrogen-bond donors (Lipinski definition) is 1. The molecule has 2 aromatic carbocycles. The van der Waals surface area contributed by atoms with Crippen molar-refractivity contribution < 1.29 is 13.6 Å². The zero-order chi connectivity index (χ0) is 22.1. The molecular formula is C22H17F2N3O3S. The largest absolute Gasteiger partial charge is 0.350 e. The Morgan fingerprint density at radius 1 is 1.10 bits per heavy atom. The third-order valence-corrected chi connectivity index (χ3v) is 5.70. The quantitative estimate of drug-likeness (QED) is 0.517. The Hall–Kier alpha value is -3.59. The highest BCUT2D eigenvalue weighted by Gasteiger charge is 2.18. The predicted molar refractivity (Wildman–Crippen MR) is 115 cm³/mol. The van der Waals surface area contributed by atoms with Gasteiger partial charge in [-0.25, -0.2) is 18.1 Å². The van der Waals surface area contributed by atoms with Crippen molar-refractivity contribution in [2.45, 2.75) is 20.0 Å². The van der Waals surface area contributed by atoms with E-state index < -0.39 is 28.8 Å². The van der Waals surface area contributed by atoms with E-state index in [9.17, 15) is 23.2 Å². The Kier molecular flexibility index (Phi) is 5.51. The first-order chi connectivity index (χ1) is 14.8. The Bertz CT molecular complexity index is 1420. The molecule has 0 bridgehead atoms. The van der Waals surface area contributed by atoms with Gasteiger partial charge < -0.3 is 5.32 Å². The van der Waals surface area contributed by atoms with Crippen LogP contribution in [0.25, 0.3) is 15.9 Å². The van der Waals surface area contributed by atoms with Crippen molar-refractivity contribution in [3.05, 3.63) is 97.5 Å². The van der Waals surface area contributed by atoms with Gasteiger partial charge in [0.2, 0.25) is 5.91 Å². The van der Waals surface area contributed by atoms with Gasteiger partial charge in [-0.2, -0.15) is 0 Å². The third kappa shape index (κ3) is 4.04. The lowest BCUT2D eigenvalue weighted by Gasteiger charge is -2.13. The molecule has 4 rings (SSSR count). The second kappa shape index (κ2) is 8.27. The highest BCUT2D eigenvalue weighted by molar-refractivity contribution is 7.17. The molecule has 0 saturated heterocycles. The molecule has 6 nitrogen and oxygen atoms in total. The predicted octanol–water partition coefficient (Wildman–Crippen LogP) is 3.12. The second-order valence-corrected chi connectivity index (χ2v) is 7.91. The Balaban J connectivity index is 1.69. The fourth-order valence-electron chi connectivity index (χ4n) is 3.29. The van der Waals surface area contributed by atoms with Crippen LogP contribution in [0.4, 0.5) is 8.78 Å². The minimum atomic E-state index is -0.773. The van der Waals surface area contributed by atoms with E-state index in [1.165, 1.54) is 22.0 Å². The van der Waals surface area contributed by atoms with E-state index >= 15 is 0 Å². The summed E-state index contributed by atoms with van der Waals surface area (Å²) in [7, 11) is 0. The molecule has 2 heterocycles. The summed E-state index contributed by atoms with van der Waals surface area (Å²) >= 11 is 1.18. The van der Waals surface area contributed by atoms with Crippen molar-refractivity contribution in [2.75, 3.05) is 0 Å². The molecule has 1 N–H and O–H groups in total. The molecule has 158 valence electrons. The fraction of sp³-hybridized carbons (Fsp3) is 0.136. The van der Waals surface area contributed by atoms with Crippen LogP contribution in [-0.4, -0.2) is 15.0 Å². The molecule has 31 heavy (non-hydrogen) atoms. The van der Waals surface area contributed by atoms with Gasteiger partial charge in [-0.1, -0.05) is 18.2 Å². The van der Waals surface area contributed by atoms with E-state index in [1.54, 1.807) is 29.6 Å². The second-order valence-electron chi connectivity index (χ2n) is 7.00. The van der Waals surface area contributed by atoms with Gasteiger partial charge in [-0.15, -0.1) is 11.3 Å². The van der Waals surface area contributed by atoms with Crippen LogP contribution in [-0.2, 0) is 17.9 Å². The molecular weight excluding hydrogens is 424 g/mol. The van der Waals surface area contributed by atoms with Crippen LogP contribution in [0.15, 0.2) is 63.5 Å². The fourth-order valence-corrected chi connectivity index (χ4v) is 4.12. The highest BCUT2D eigenvalue weighted by atomic mass is 32.1.